The second-order valence-electron chi connectivity index (χ2n) is 4.85. The third kappa shape index (κ3) is 2.59. The SMILES string of the molecule is C[C@H](c1cccn1S(=O)(=O)c1ccccc1)[SH]1C=CC=C1. The van der Waals surface area contributed by atoms with E-state index in [-0.39, 0.29) is 5.25 Å². The van der Waals surface area contributed by atoms with Crippen molar-refractivity contribution in [2.45, 2.75) is 17.1 Å². The van der Waals surface area contributed by atoms with Crippen molar-refractivity contribution in [3.8, 4) is 0 Å². The predicted octanol–water partition coefficient (Wildman–Crippen LogP) is 3.83. The molecular formula is C16H17NO2S2. The average Bonchev–Trinajstić information content (AvgIpc) is 3.19. The summed E-state index contributed by atoms with van der Waals surface area (Å²) < 4.78 is 27.0. The van der Waals surface area contributed by atoms with Crippen molar-refractivity contribution in [1.82, 2.24) is 3.97 Å². The summed E-state index contributed by atoms with van der Waals surface area (Å²) in [6.07, 6.45) is 5.69. The van der Waals surface area contributed by atoms with Crippen LogP contribution in [0.15, 0.2) is 76.5 Å². The quantitative estimate of drug-likeness (QED) is 0.870. The molecule has 110 valence electrons. The van der Waals surface area contributed by atoms with Gasteiger partial charge >= 0.3 is 0 Å². The fourth-order valence-corrected chi connectivity index (χ4v) is 5.65. The first-order valence-corrected chi connectivity index (χ1v) is 9.70. The van der Waals surface area contributed by atoms with Crippen LogP contribution in [0.4, 0.5) is 0 Å². The zero-order valence-corrected chi connectivity index (χ0v) is 13.3. The monoisotopic (exact) mass is 319 g/mol. The van der Waals surface area contributed by atoms with Crippen LogP contribution in [-0.2, 0) is 10.0 Å². The number of rotatable bonds is 4. The van der Waals surface area contributed by atoms with Gasteiger partial charge in [0.15, 0.2) is 0 Å². The Morgan fingerprint density at radius 3 is 2.33 bits per heavy atom. The van der Waals surface area contributed by atoms with Crippen molar-refractivity contribution < 1.29 is 8.42 Å². The summed E-state index contributed by atoms with van der Waals surface area (Å²) in [4.78, 5) is 0.319. The van der Waals surface area contributed by atoms with E-state index in [1.807, 2.05) is 24.3 Å². The van der Waals surface area contributed by atoms with E-state index in [1.165, 1.54) is 3.97 Å². The molecule has 0 spiro atoms. The van der Waals surface area contributed by atoms with Crippen LogP contribution in [0.1, 0.15) is 17.9 Å². The largest absolute Gasteiger partial charge is 0.267 e. The topological polar surface area (TPSA) is 39.1 Å². The van der Waals surface area contributed by atoms with E-state index in [2.05, 4.69) is 17.7 Å². The second-order valence-corrected chi connectivity index (χ2v) is 8.93. The van der Waals surface area contributed by atoms with Gasteiger partial charge in [0.05, 0.1) is 4.90 Å². The highest BCUT2D eigenvalue weighted by Gasteiger charge is 2.23. The van der Waals surface area contributed by atoms with Crippen LogP contribution in [0.25, 0.3) is 0 Å². The summed E-state index contributed by atoms with van der Waals surface area (Å²) in [5.41, 5.74) is 0.834. The van der Waals surface area contributed by atoms with Gasteiger partial charge in [-0.05, 0) is 42.0 Å². The molecule has 2 heterocycles. The summed E-state index contributed by atoms with van der Waals surface area (Å²) in [5.74, 6) is 0. The van der Waals surface area contributed by atoms with E-state index in [1.54, 1.807) is 36.5 Å². The van der Waals surface area contributed by atoms with Gasteiger partial charge in [-0.25, -0.2) is 23.3 Å². The molecule has 1 aliphatic rings. The normalized spacial score (nSPS) is 17.3. The van der Waals surface area contributed by atoms with Crippen molar-refractivity contribution in [1.29, 1.82) is 0 Å². The molecule has 0 unspecified atom stereocenters. The Bertz CT molecular complexity index is 777. The van der Waals surface area contributed by atoms with Crippen molar-refractivity contribution >= 4 is 20.9 Å². The number of hydrogen-bond acceptors (Lipinski definition) is 2. The molecule has 0 fully saturated rings. The van der Waals surface area contributed by atoms with Crippen molar-refractivity contribution in [2.75, 3.05) is 0 Å². The molecule has 1 atom stereocenters. The van der Waals surface area contributed by atoms with Crippen LogP contribution in [-0.4, -0.2) is 12.4 Å². The Morgan fingerprint density at radius 1 is 1.00 bits per heavy atom. The first-order valence-electron chi connectivity index (χ1n) is 6.71. The second kappa shape index (κ2) is 5.58. The molecule has 3 rings (SSSR count). The third-order valence-electron chi connectivity index (χ3n) is 3.55. The van der Waals surface area contributed by atoms with Gasteiger partial charge in [-0.15, -0.1) is 0 Å². The van der Waals surface area contributed by atoms with Crippen LogP contribution in [0.5, 0.6) is 0 Å². The number of thiol groups is 1. The van der Waals surface area contributed by atoms with Gasteiger partial charge < -0.3 is 0 Å². The highest BCUT2D eigenvalue weighted by molar-refractivity contribution is 8.22. The van der Waals surface area contributed by atoms with Crippen LogP contribution in [0.3, 0.4) is 0 Å². The van der Waals surface area contributed by atoms with Crippen LogP contribution < -0.4 is 0 Å². The first-order chi connectivity index (χ1) is 10.1. The molecule has 1 aromatic carbocycles. The molecule has 0 aliphatic carbocycles. The van der Waals surface area contributed by atoms with Gasteiger partial charge in [0.1, 0.15) is 0 Å². The average molecular weight is 319 g/mol. The summed E-state index contributed by atoms with van der Waals surface area (Å²) in [7, 11) is -3.96. The van der Waals surface area contributed by atoms with Gasteiger partial charge in [0.2, 0.25) is 0 Å². The molecule has 0 saturated heterocycles. The Kier molecular flexibility index (Phi) is 3.78. The highest BCUT2D eigenvalue weighted by atomic mass is 32.2. The molecule has 1 aromatic heterocycles. The molecule has 5 heteroatoms. The minimum atomic E-state index is -3.52. The van der Waals surface area contributed by atoms with Gasteiger partial charge in [-0.2, -0.15) is 0 Å². The number of aromatic nitrogens is 1. The number of benzene rings is 1. The molecule has 0 bridgehead atoms. The molecule has 2 aromatic rings. The van der Waals surface area contributed by atoms with E-state index in [0.29, 0.717) is 4.90 Å². The lowest BCUT2D eigenvalue weighted by molar-refractivity contribution is 0.585. The van der Waals surface area contributed by atoms with Gasteiger partial charge in [0.25, 0.3) is 10.0 Å². The van der Waals surface area contributed by atoms with E-state index in [9.17, 15) is 8.42 Å². The fraction of sp³-hybridized carbons (Fsp3) is 0.125. The summed E-state index contributed by atoms with van der Waals surface area (Å²) in [5, 5.41) is 4.49. The van der Waals surface area contributed by atoms with Crippen LogP contribution in [0, 0.1) is 0 Å². The summed E-state index contributed by atoms with van der Waals surface area (Å²) in [6.45, 7) is 2.08. The van der Waals surface area contributed by atoms with Crippen LogP contribution in [0.2, 0.25) is 0 Å². The van der Waals surface area contributed by atoms with Crippen molar-refractivity contribution in [3.63, 3.8) is 0 Å². The summed E-state index contributed by atoms with van der Waals surface area (Å²) >= 11 is 0. The Morgan fingerprint density at radius 2 is 1.67 bits per heavy atom. The maximum Gasteiger partial charge on any atom is 0.267 e. The van der Waals surface area contributed by atoms with E-state index < -0.39 is 20.9 Å². The molecule has 1 aliphatic heterocycles. The third-order valence-corrected chi connectivity index (χ3v) is 7.46. The molecule has 21 heavy (non-hydrogen) atoms. The van der Waals surface area contributed by atoms with Crippen molar-refractivity contribution in [2.24, 2.45) is 0 Å². The molecule has 3 nitrogen and oxygen atoms in total. The maximum atomic E-state index is 12.8. The Hall–Kier alpha value is -1.72. The minimum Gasteiger partial charge on any atom is -0.245 e. The van der Waals surface area contributed by atoms with E-state index >= 15 is 0 Å². The Balaban J connectivity index is 2.03. The molecular weight excluding hydrogens is 302 g/mol. The minimum absolute atomic E-state index is 0.170. The number of hydrogen-bond donors (Lipinski definition) is 1. The zero-order valence-electron chi connectivity index (χ0n) is 11.6. The van der Waals surface area contributed by atoms with Gasteiger partial charge in [-0.1, -0.05) is 30.4 Å². The van der Waals surface area contributed by atoms with E-state index in [0.717, 1.165) is 5.69 Å². The lowest BCUT2D eigenvalue weighted by atomic mass is 10.3. The van der Waals surface area contributed by atoms with Crippen LogP contribution >= 0.6 is 10.9 Å². The molecule has 0 amide bonds. The van der Waals surface area contributed by atoms with Crippen molar-refractivity contribution in [3.05, 3.63) is 77.3 Å². The zero-order chi connectivity index (χ0) is 14.9. The highest BCUT2D eigenvalue weighted by Crippen LogP contribution is 2.47. The molecule has 0 saturated carbocycles. The number of allylic oxidation sites excluding steroid dienone is 2. The first kappa shape index (κ1) is 14.2. The molecule has 0 N–H and O–H groups in total. The smallest absolute Gasteiger partial charge is 0.245 e. The predicted molar refractivity (Wildman–Crippen MR) is 89.1 cm³/mol. The summed E-state index contributed by atoms with van der Waals surface area (Å²) in [6, 6.07) is 12.3. The Labute approximate surface area is 128 Å². The fourth-order valence-electron chi connectivity index (χ4n) is 2.39. The standard InChI is InChI=1S/C16H17NO2S2/c1-14(20-12-5-6-13-20)16-10-7-11-17(16)21(18,19)15-8-3-2-4-9-15/h2-14,20H,1H3/t14-/m1/s1. The maximum absolute atomic E-state index is 12.8. The molecule has 0 radical (unpaired) electrons. The van der Waals surface area contributed by atoms with Gasteiger partial charge in [-0.3, -0.25) is 0 Å². The number of nitrogens with zero attached hydrogens (tertiary/aromatic N) is 1. The lowest BCUT2D eigenvalue weighted by Gasteiger charge is -2.22. The van der Waals surface area contributed by atoms with Gasteiger partial charge in [0, 0.05) is 17.1 Å². The van der Waals surface area contributed by atoms with E-state index in [4.69, 9.17) is 0 Å². The lowest BCUT2D eigenvalue weighted by Crippen LogP contribution is -2.15.